The minimum absolute atomic E-state index is 0.0894. The molecule has 1 aliphatic carbocycles. The molecule has 40 heavy (non-hydrogen) atoms. The molecular formula is C31H36BrN3O4S. The van der Waals surface area contributed by atoms with Crippen LogP contribution < -0.4 is 9.62 Å². The molecule has 7 nitrogen and oxygen atoms in total. The molecule has 0 aromatic heterocycles. The van der Waals surface area contributed by atoms with Gasteiger partial charge in [0.25, 0.3) is 10.0 Å². The van der Waals surface area contributed by atoms with Crippen molar-refractivity contribution in [2.45, 2.75) is 69.5 Å². The van der Waals surface area contributed by atoms with Crippen LogP contribution in [0.5, 0.6) is 0 Å². The van der Waals surface area contributed by atoms with E-state index in [1.165, 1.54) is 4.90 Å². The number of carbonyl (C=O) groups excluding carboxylic acids is 2. The molecule has 0 heterocycles. The quantitative estimate of drug-likeness (QED) is 0.291. The third-order valence-corrected chi connectivity index (χ3v) is 9.55. The molecule has 0 bridgehead atoms. The van der Waals surface area contributed by atoms with E-state index in [1.54, 1.807) is 48.5 Å². The van der Waals surface area contributed by atoms with Crippen LogP contribution in [0, 0.1) is 6.92 Å². The van der Waals surface area contributed by atoms with Gasteiger partial charge in [-0.1, -0.05) is 89.8 Å². The smallest absolute Gasteiger partial charge is 0.264 e. The Bertz CT molecular complexity index is 1410. The van der Waals surface area contributed by atoms with Gasteiger partial charge in [0.2, 0.25) is 11.8 Å². The fourth-order valence-electron chi connectivity index (χ4n) is 5.06. The average Bonchev–Trinajstić information content (AvgIpc) is 3.45. The Morgan fingerprint density at radius 2 is 1.65 bits per heavy atom. The summed E-state index contributed by atoms with van der Waals surface area (Å²) in [5.74, 6) is -0.651. The fraction of sp³-hybridized carbons (Fsp3) is 0.355. The van der Waals surface area contributed by atoms with Crippen molar-refractivity contribution < 1.29 is 18.0 Å². The normalized spacial score (nSPS) is 14.5. The largest absolute Gasteiger partial charge is 0.352 e. The van der Waals surface area contributed by atoms with Gasteiger partial charge in [-0.15, -0.1) is 0 Å². The molecule has 0 aliphatic heterocycles. The van der Waals surface area contributed by atoms with Crippen LogP contribution in [-0.2, 0) is 26.2 Å². The van der Waals surface area contributed by atoms with E-state index < -0.39 is 28.5 Å². The topological polar surface area (TPSA) is 86.8 Å². The Labute approximate surface area is 245 Å². The zero-order chi connectivity index (χ0) is 28.7. The van der Waals surface area contributed by atoms with Crippen LogP contribution in [0.4, 0.5) is 5.69 Å². The van der Waals surface area contributed by atoms with Crippen LogP contribution >= 0.6 is 15.9 Å². The average molecular weight is 627 g/mol. The maximum absolute atomic E-state index is 14.1. The van der Waals surface area contributed by atoms with Crippen LogP contribution in [0.25, 0.3) is 0 Å². The van der Waals surface area contributed by atoms with E-state index in [-0.39, 0.29) is 23.4 Å². The number of carbonyl (C=O) groups is 2. The Hall–Kier alpha value is -3.17. The van der Waals surface area contributed by atoms with E-state index in [0.29, 0.717) is 16.6 Å². The third-order valence-electron chi connectivity index (χ3n) is 7.27. The van der Waals surface area contributed by atoms with E-state index in [2.05, 4.69) is 21.2 Å². The lowest BCUT2D eigenvalue weighted by Gasteiger charge is -2.33. The molecule has 1 aliphatic rings. The number of nitrogens with one attached hydrogen (secondary N) is 1. The number of anilines is 1. The molecule has 212 valence electrons. The molecule has 1 N–H and O–H groups in total. The molecule has 9 heteroatoms. The highest BCUT2D eigenvalue weighted by Crippen LogP contribution is 2.27. The second kappa shape index (κ2) is 13.5. The van der Waals surface area contributed by atoms with Crippen LogP contribution in [0.15, 0.2) is 88.2 Å². The summed E-state index contributed by atoms with van der Waals surface area (Å²) in [7, 11) is -4.10. The molecule has 0 spiro atoms. The SMILES string of the molecule is CCC(C(=O)NC1CCCC1)N(Cc1ccccc1)C(=O)CN(c1cccc(Br)c1)S(=O)(=O)c1ccc(C)cc1. The van der Waals surface area contributed by atoms with Crippen molar-refractivity contribution in [3.63, 3.8) is 0 Å². The molecule has 1 unspecified atom stereocenters. The highest BCUT2D eigenvalue weighted by atomic mass is 79.9. The van der Waals surface area contributed by atoms with Crippen molar-refractivity contribution in [1.29, 1.82) is 0 Å². The Kier molecular flexibility index (Phi) is 10.0. The first kappa shape index (κ1) is 29.8. The van der Waals surface area contributed by atoms with Crippen molar-refractivity contribution in [1.82, 2.24) is 10.2 Å². The summed E-state index contributed by atoms with van der Waals surface area (Å²) in [5, 5.41) is 3.13. The predicted molar refractivity (Wildman–Crippen MR) is 161 cm³/mol. The first-order valence-corrected chi connectivity index (χ1v) is 15.9. The molecule has 0 radical (unpaired) electrons. The van der Waals surface area contributed by atoms with Crippen LogP contribution in [-0.4, -0.2) is 43.8 Å². The monoisotopic (exact) mass is 625 g/mol. The van der Waals surface area contributed by atoms with Gasteiger partial charge in [0.1, 0.15) is 12.6 Å². The van der Waals surface area contributed by atoms with Crippen molar-refractivity contribution in [3.8, 4) is 0 Å². The summed E-state index contributed by atoms with van der Waals surface area (Å²) >= 11 is 3.43. The summed E-state index contributed by atoms with van der Waals surface area (Å²) in [6.07, 6.45) is 4.42. The number of sulfonamides is 1. The van der Waals surface area contributed by atoms with Crippen LogP contribution in [0.3, 0.4) is 0 Å². The summed E-state index contributed by atoms with van der Waals surface area (Å²) in [6.45, 7) is 3.49. The predicted octanol–water partition coefficient (Wildman–Crippen LogP) is 5.82. The number of hydrogen-bond acceptors (Lipinski definition) is 4. The first-order chi connectivity index (χ1) is 19.2. The molecule has 3 aromatic carbocycles. The van der Waals surface area contributed by atoms with Gasteiger partial charge in [-0.3, -0.25) is 13.9 Å². The number of benzene rings is 3. The standard InChI is InChI=1S/C31H36BrN3O4S/c1-3-29(31(37)33-26-13-7-8-14-26)34(21-24-10-5-4-6-11-24)30(36)22-35(27-15-9-12-25(32)20-27)40(38,39)28-18-16-23(2)17-19-28/h4-6,9-12,15-20,26,29H,3,7-8,13-14,21-22H2,1-2H3,(H,33,37). The van der Waals surface area contributed by atoms with Gasteiger partial charge in [-0.2, -0.15) is 0 Å². The van der Waals surface area contributed by atoms with E-state index in [1.807, 2.05) is 44.2 Å². The van der Waals surface area contributed by atoms with Crippen molar-refractivity contribution in [2.75, 3.05) is 10.8 Å². The van der Waals surface area contributed by atoms with Gasteiger partial charge in [0.15, 0.2) is 0 Å². The number of hydrogen-bond donors (Lipinski definition) is 1. The highest BCUT2D eigenvalue weighted by molar-refractivity contribution is 9.10. The zero-order valence-corrected chi connectivity index (χ0v) is 25.3. The lowest BCUT2D eigenvalue weighted by atomic mass is 10.1. The number of amides is 2. The lowest BCUT2D eigenvalue weighted by Crippen LogP contribution is -2.53. The van der Waals surface area contributed by atoms with Crippen molar-refractivity contribution in [2.24, 2.45) is 0 Å². The second-order valence-corrected chi connectivity index (χ2v) is 13.0. The molecule has 1 atom stereocenters. The minimum atomic E-state index is -4.10. The first-order valence-electron chi connectivity index (χ1n) is 13.7. The molecule has 2 amide bonds. The number of aryl methyl sites for hydroxylation is 1. The van der Waals surface area contributed by atoms with Gasteiger partial charge in [0, 0.05) is 17.1 Å². The van der Waals surface area contributed by atoms with E-state index >= 15 is 0 Å². The minimum Gasteiger partial charge on any atom is -0.352 e. The fourth-order valence-corrected chi connectivity index (χ4v) is 6.86. The van der Waals surface area contributed by atoms with Gasteiger partial charge < -0.3 is 10.2 Å². The third kappa shape index (κ3) is 7.31. The Morgan fingerprint density at radius 1 is 0.975 bits per heavy atom. The zero-order valence-electron chi connectivity index (χ0n) is 22.9. The Balaban J connectivity index is 1.70. The highest BCUT2D eigenvalue weighted by Gasteiger charge is 2.34. The van der Waals surface area contributed by atoms with Crippen molar-refractivity contribution >= 4 is 43.5 Å². The van der Waals surface area contributed by atoms with Gasteiger partial charge in [-0.25, -0.2) is 8.42 Å². The van der Waals surface area contributed by atoms with Crippen LogP contribution in [0.1, 0.15) is 50.2 Å². The van der Waals surface area contributed by atoms with E-state index in [4.69, 9.17) is 0 Å². The maximum atomic E-state index is 14.1. The van der Waals surface area contributed by atoms with Gasteiger partial charge >= 0.3 is 0 Å². The lowest BCUT2D eigenvalue weighted by molar-refractivity contribution is -0.140. The van der Waals surface area contributed by atoms with E-state index in [9.17, 15) is 18.0 Å². The van der Waals surface area contributed by atoms with E-state index in [0.717, 1.165) is 41.1 Å². The van der Waals surface area contributed by atoms with Gasteiger partial charge in [-0.05, 0) is 62.1 Å². The molecular weight excluding hydrogens is 590 g/mol. The molecule has 1 saturated carbocycles. The summed E-state index contributed by atoms with van der Waals surface area (Å²) in [4.78, 5) is 29.2. The maximum Gasteiger partial charge on any atom is 0.264 e. The molecule has 1 fully saturated rings. The van der Waals surface area contributed by atoms with Gasteiger partial charge in [0.05, 0.1) is 10.6 Å². The number of rotatable bonds is 11. The number of nitrogens with zero attached hydrogens (tertiary/aromatic N) is 2. The van der Waals surface area contributed by atoms with Crippen molar-refractivity contribution in [3.05, 3.63) is 94.5 Å². The molecule has 3 aromatic rings. The summed E-state index contributed by atoms with van der Waals surface area (Å²) in [5.41, 5.74) is 2.14. The summed E-state index contributed by atoms with van der Waals surface area (Å²) < 4.78 is 29.7. The Morgan fingerprint density at radius 3 is 2.27 bits per heavy atom. The second-order valence-electron chi connectivity index (χ2n) is 10.2. The molecule has 4 rings (SSSR count). The molecule has 0 saturated heterocycles. The summed E-state index contributed by atoms with van der Waals surface area (Å²) in [6, 6.07) is 22.2. The van der Waals surface area contributed by atoms with Crippen LogP contribution in [0.2, 0.25) is 0 Å². The number of halogens is 1.